The molecule has 1 aliphatic rings. The summed E-state index contributed by atoms with van der Waals surface area (Å²) < 4.78 is 0. The smallest absolute Gasteiger partial charge is 0.107 e. The van der Waals surface area contributed by atoms with E-state index in [1.54, 1.807) is 0 Å². The summed E-state index contributed by atoms with van der Waals surface area (Å²) in [6.45, 7) is 9.95. The molecule has 1 saturated heterocycles. The molecule has 98 valence electrons. The molecule has 1 aliphatic heterocycles. The molecule has 2 unspecified atom stereocenters. The van der Waals surface area contributed by atoms with Crippen LogP contribution in [0.15, 0.2) is 6.20 Å². The Kier molecular flexibility index (Phi) is 5.86. The summed E-state index contributed by atoms with van der Waals surface area (Å²) in [5.41, 5.74) is 0. The van der Waals surface area contributed by atoms with Crippen molar-refractivity contribution in [2.45, 2.75) is 45.8 Å². The highest BCUT2D eigenvalue weighted by Crippen LogP contribution is 2.17. The van der Waals surface area contributed by atoms with Gasteiger partial charge in [0.25, 0.3) is 0 Å². The SMILES string of the molecule is CCc1cnc(CN2CC(C)NCC2C)s1.Cl. The summed E-state index contributed by atoms with van der Waals surface area (Å²) in [6, 6.07) is 1.21. The van der Waals surface area contributed by atoms with Crippen LogP contribution in [0, 0.1) is 0 Å². The Bertz CT molecular complexity index is 342. The average molecular weight is 276 g/mol. The van der Waals surface area contributed by atoms with Gasteiger partial charge in [0, 0.05) is 36.2 Å². The molecule has 17 heavy (non-hydrogen) atoms. The maximum atomic E-state index is 4.50. The number of halogens is 1. The highest BCUT2D eigenvalue weighted by atomic mass is 35.5. The second kappa shape index (κ2) is 6.69. The zero-order valence-electron chi connectivity index (χ0n) is 10.8. The minimum atomic E-state index is 0. The first-order valence-electron chi connectivity index (χ1n) is 6.10. The van der Waals surface area contributed by atoms with Crippen molar-refractivity contribution in [2.75, 3.05) is 13.1 Å². The maximum absolute atomic E-state index is 4.50. The first-order chi connectivity index (χ1) is 7.69. The van der Waals surface area contributed by atoms with Crippen LogP contribution >= 0.6 is 23.7 Å². The van der Waals surface area contributed by atoms with Crippen molar-refractivity contribution < 1.29 is 0 Å². The van der Waals surface area contributed by atoms with E-state index in [2.05, 4.69) is 36.0 Å². The van der Waals surface area contributed by atoms with Crippen LogP contribution in [0.25, 0.3) is 0 Å². The highest BCUT2D eigenvalue weighted by molar-refractivity contribution is 7.11. The Morgan fingerprint density at radius 2 is 2.29 bits per heavy atom. The molecule has 2 heterocycles. The average Bonchev–Trinajstić information content (AvgIpc) is 2.71. The molecule has 1 fully saturated rings. The van der Waals surface area contributed by atoms with Crippen LogP contribution < -0.4 is 5.32 Å². The summed E-state index contributed by atoms with van der Waals surface area (Å²) in [4.78, 5) is 8.42. The minimum Gasteiger partial charge on any atom is -0.311 e. The molecule has 5 heteroatoms. The number of aromatic nitrogens is 1. The summed E-state index contributed by atoms with van der Waals surface area (Å²) in [5, 5.41) is 4.77. The summed E-state index contributed by atoms with van der Waals surface area (Å²) >= 11 is 1.86. The van der Waals surface area contributed by atoms with Gasteiger partial charge in [-0.2, -0.15) is 0 Å². The predicted octanol–water partition coefficient (Wildman–Crippen LogP) is 2.31. The number of hydrogen-bond acceptors (Lipinski definition) is 4. The lowest BCUT2D eigenvalue weighted by molar-refractivity contribution is 0.138. The predicted molar refractivity (Wildman–Crippen MR) is 76.1 cm³/mol. The molecule has 0 saturated carbocycles. The third-order valence-corrected chi connectivity index (χ3v) is 4.31. The molecule has 0 aromatic carbocycles. The normalized spacial score (nSPS) is 25.6. The molecule has 0 spiro atoms. The van der Waals surface area contributed by atoms with Gasteiger partial charge in [-0.1, -0.05) is 6.92 Å². The maximum Gasteiger partial charge on any atom is 0.107 e. The molecule has 2 rings (SSSR count). The van der Waals surface area contributed by atoms with Gasteiger partial charge in [0.15, 0.2) is 0 Å². The van der Waals surface area contributed by atoms with Crippen molar-refractivity contribution in [3.63, 3.8) is 0 Å². The molecule has 1 N–H and O–H groups in total. The van der Waals surface area contributed by atoms with Gasteiger partial charge in [0.1, 0.15) is 5.01 Å². The molecule has 0 amide bonds. The molecular formula is C12H22ClN3S. The van der Waals surface area contributed by atoms with E-state index in [0.29, 0.717) is 12.1 Å². The van der Waals surface area contributed by atoms with Crippen molar-refractivity contribution in [2.24, 2.45) is 0 Å². The Morgan fingerprint density at radius 1 is 1.53 bits per heavy atom. The van der Waals surface area contributed by atoms with Crippen molar-refractivity contribution in [1.82, 2.24) is 15.2 Å². The standard InChI is InChI=1S/C12H21N3S.ClH/c1-4-11-6-14-12(16-11)8-15-7-9(2)13-5-10(15)3;/h6,9-10,13H,4-5,7-8H2,1-3H3;1H. The van der Waals surface area contributed by atoms with Gasteiger partial charge < -0.3 is 5.32 Å². The van der Waals surface area contributed by atoms with E-state index in [0.717, 1.165) is 26.1 Å². The molecule has 0 aliphatic carbocycles. The Hall–Kier alpha value is -0.160. The molecule has 2 atom stereocenters. The first-order valence-corrected chi connectivity index (χ1v) is 6.91. The molecule has 0 radical (unpaired) electrons. The lowest BCUT2D eigenvalue weighted by atomic mass is 10.1. The summed E-state index contributed by atoms with van der Waals surface area (Å²) in [6.07, 6.45) is 3.13. The van der Waals surface area contributed by atoms with Crippen LogP contribution in [0.2, 0.25) is 0 Å². The Labute approximate surface area is 114 Å². The second-order valence-corrected chi connectivity index (χ2v) is 5.86. The Morgan fingerprint density at radius 3 is 2.94 bits per heavy atom. The van der Waals surface area contributed by atoms with Gasteiger partial charge in [0.05, 0.1) is 6.54 Å². The zero-order chi connectivity index (χ0) is 11.5. The lowest BCUT2D eigenvalue weighted by Gasteiger charge is -2.36. The van der Waals surface area contributed by atoms with Gasteiger partial charge in [0.2, 0.25) is 0 Å². The quantitative estimate of drug-likeness (QED) is 0.918. The van der Waals surface area contributed by atoms with E-state index in [1.807, 2.05) is 17.5 Å². The van der Waals surface area contributed by atoms with Crippen molar-refractivity contribution in [1.29, 1.82) is 0 Å². The first kappa shape index (κ1) is 14.9. The number of thiazole rings is 1. The minimum absolute atomic E-state index is 0. The monoisotopic (exact) mass is 275 g/mol. The summed E-state index contributed by atoms with van der Waals surface area (Å²) in [7, 11) is 0. The van der Waals surface area contributed by atoms with Gasteiger partial charge >= 0.3 is 0 Å². The fraction of sp³-hybridized carbons (Fsp3) is 0.750. The number of nitrogens with zero attached hydrogens (tertiary/aromatic N) is 2. The third-order valence-electron chi connectivity index (χ3n) is 3.18. The van der Waals surface area contributed by atoms with Crippen LogP contribution in [0.1, 0.15) is 30.7 Å². The number of aryl methyl sites for hydroxylation is 1. The van der Waals surface area contributed by atoms with E-state index in [1.165, 1.54) is 9.88 Å². The van der Waals surface area contributed by atoms with Crippen molar-refractivity contribution in [3.05, 3.63) is 16.1 Å². The van der Waals surface area contributed by atoms with Crippen LogP contribution in [0.3, 0.4) is 0 Å². The number of nitrogens with one attached hydrogen (secondary N) is 1. The van der Waals surface area contributed by atoms with E-state index in [9.17, 15) is 0 Å². The van der Waals surface area contributed by atoms with E-state index < -0.39 is 0 Å². The van der Waals surface area contributed by atoms with Gasteiger partial charge in [-0.05, 0) is 20.3 Å². The van der Waals surface area contributed by atoms with Crippen LogP contribution in [0.5, 0.6) is 0 Å². The Balaban J connectivity index is 0.00000144. The van der Waals surface area contributed by atoms with E-state index in [4.69, 9.17) is 0 Å². The molecule has 1 aromatic heterocycles. The molecular weight excluding hydrogens is 254 g/mol. The van der Waals surface area contributed by atoms with Gasteiger partial charge in [-0.25, -0.2) is 4.98 Å². The number of rotatable bonds is 3. The topological polar surface area (TPSA) is 28.2 Å². The molecule has 3 nitrogen and oxygen atoms in total. The largest absolute Gasteiger partial charge is 0.311 e. The number of piperazine rings is 1. The fourth-order valence-electron chi connectivity index (χ4n) is 2.08. The van der Waals surface area contributed by atoms with Gasteiger partial charge in [-0.15, -0.1) is 23.7 Å². The third kappa shape index (κ3) is 3.91. The lowest BCUT2D eigenvalue weighted by Crippen LogP contribution is -2.53. The summed E-state index contributed by atoms with van der Waals surface area (Å²) in [5.74, 6) is 0. The second-order valence-electron chi connectivity index (χ2n) is 4.66. The van der Waals surface area contributed by atoms with Crippen molar-refractivity contribution in [3.8, 4) is 0 Å². The van der Waals surface area contributed by atoms with Crippen LogP contribution in [-0.2, 0) is 13.0 Å². The fourth-order valence-corrected chi connectivity index (χ4v) is 2.96. The molecule has 1 aromatic rings. The number of hydrogen-bond donors (Lipinski definition) is 1. The van der Waals surface area contributed by atoms with Crippen LogP contribution in [0.4, 0.5) is 0 Å². The van der Waals surface area contributed by atoms with E-state index in [-0.39, 0.29) is 12.4 Å². The highest BCUT2D eigenvalue weighted by Gasteiger charge is 2.22. The van der Waals surface area contributed by atoms with E-state index >= 15 is 0 Å². The van der Waals surface area contributed by atoms with Crippen LogP contribution in [-0.4, -0.2) is 35.1 Å². The molecule has 0 bridgehead atoms. The zero-order valence-corrected chi connectivity index (χ0v) is 12.4. The van der Waals surface area contributed by atoms with Gasteiger partial charge in [-0.3, -0.25) is 4.90 Å². The van der Waals surface area contributed by atoms with Crippen molar-refractivity contribution >= 4 is 23.7 Å².